The molecule has 1 saturated heterocycles. The maximum absolute atomic E-state index is 12.5. The number of ether oxygens (including phenoxy) is 2. The summed E-state index contributed by atoms with van der Waals surface area (Å²) in [6, 6.07) is 8.10. The monoisotopic (exact) mass is 498 g/mol. The molecule has 1 atom stereocenters. The molecule has 1 amide bonds. The number of benzene rings is 1. The molecule has 0 saturated carbocycles. The van der Waals surface area contributed by atoms with Crippen molar-refractivity contribution in [2.45, 2.75) is 38.3 Å². The Labute approximate surface area is 213 Å². The molecule has 188 valence electrons. The van der Waals surface area contributed by atoms with Crippen molar-refractivity contribution in [2.75, 3.05) is 23.5 Å². The lowest BCUT2D eigenvalue weighted by atomic mass is 9.89. The Morgan fingerprint density at radius 3 is 2.95 bits per heavy atom. The lowest BCUT2D eigenvalue weighted by Crippen LogP contribution is -2.42. The van der Waals surface area contributed by atoms with Crippen LogP contribution >= 0.6 is 0 Å². The van der Waals surface area contributed by atoms with Gasteiger partial charge in [-0.1, -0.05) is 12.1 Å². The topological polar surface area (TPSA) is 110 Å². The predicted octanol–water partition coefficient (Wildman–Crippen LogP) is 3.02. The number of carbonyl (C=O) groups excluding carboxylic acids is 1. The largest absolute Gasteiger partial charge is 0.481 e. The lowest BCUT2D eigenvalue weighted by molar-refractivity contribution is -0.117. The molecule has 0 unspecified atom stereocenters. The number of hydrogen-bond acceptors (Lipinski definition) is 9. The van der Waals surface area contributed by atoms with Gasteiger partial charge >= 0.3 is 0 Å². The van der Waals surface area contributed by atoms with Crippen LogP contribution < -0.4 is 19.8 Å². The average molecular weight is 499 g/mol. The van der Waals surface area contributed by atoms with Gasteiger partial charge in [0.25, 0.3) is 0 Å². The van der Waals surface area contributed by atoms with Crippen LogP contribution in [0.5, 0.6) is 11.6 Å². The Balaban J connectivity index is 1.18. The van der Waals surface area contributed by atoms with Crippen LogP contribution in [0.4, 0.5) is 11.4 Å². The molecule has 6 heterocycles. The first kappa shape index (κ1) is 21.8. The van der Waals surface area contributed by atoms with Crippen molar-refractivity contribution in [3.63, 3.8) is 0 Å². The molecule has 7 rings (SSSR count). The number of aromatic nitrogens is 4. The molecule has 1 fully saturated rings. The van der Waals surface area contributed by atoms with E-state index in [0.29, 0.717) is 31.1 Å². The fraction of sp³-hybridized carbons (Fsp3) is 0.346. The number of anilines is 2. The minimum Gasteiger partial charge on any atom is -0.481 e. The zero-order chi connectivity index (χ0) is 25.3. The standard InChI is InChI=1S/C26H26N8O3/c1-26(2)23-19(18-6-4-15(8-21(18)37-26)24-30-29-14-32(24)3)11-33(13-28-23)31-16-9-20-25(27-10-16)36-12-17-5-7-22(35)34(17)20/h4,6,8-10,13-14,17,31H,5,7,11-12H2,1-3H3/t17-/m0/s1. The van der Waals surface area contributed by atoms with Crippen LogP contribution in [0.2, 0.25) is 0 Å². The van der Waals surface area contributed by atoms with E-state index in [0.717, 1.165) is 46.1 Å². The summed E-state index contributed by atoms with van der Waals surface area (Å²) in [4.78, 5) is 23.6. The third-order valence-electron chi connectivity index (χ3n) is 7.25. The Bertz CT molecular complexity index is 1510. The van der Waals surface area contributed by atoms with Crippen molar-refractivity contribution in [2.24, 2.45) is 12.0 Å². The highest BCUT2D eigenvalue weighted by atomic mass is 16.5. The quantitative estimate of drug-likeness (QED) is 0.587. The number of aliphatic imine (C=N–C) groups is 1. The molecule has 0 radical (unpaired) electrons. The summed E-state index contributed by atoms with van der Waals surface area (Å²) in [6.45, 7) is 5.11. The van der Waals surface area contributed by atoms with E-state index in [1.165, 1.54) is 0 Å². The number of pyridine rings is 1. The fourth-order valence-corrected chi connectivity index (χ4v) is 5.51. The maximum atomic E-state index is 12.5. The molecule has 2 aromatic heterocycles. The van der Waals surface area contributed by atoms with Gasteiger partial charge in [-0.3, -0.25) is 15.2 Å². The molecule has 3 aromatic rings. The number of amides is 1. The molecule has 1 aromatic carbocycles. The van der Waals surface area contributed by atoms with Crippen molar-refractivity contribution >= 4 is 29.2 Å². The highest BCUT2D eigenvalue weighted by Crippen LogP contribution is 2.44. The smallest absolute Gasteiger partial charge is 0.238 e. The minimum atomic E-state index is -0.598. The van der Waals surface area contributed by atoms with Crippen molar-refractivity contribution < 1.29 is 14.3 Å². The summed E-state index contributed by atoms with van der Waals surface area (Å²) in [5, 5.41) is 10.1. The van der Waals surface area contributed by atoms with Crippen molar-refractivity contribution in [1.82, 2.24) is 24.8 Å². The van der Waals surface area contributed by atoms with Gasteiger partial charge in [0.1, 0.15) is 36.3 Å². The number of carbonyl (C=O) groups is 1. The van der Waals surface area contributed by atoms with Crippen molar-refractivity contribution in [1.29, 1.82) is 0 Å². The first-order valence-corrected chi connectivity index (χ1v) is 12.3. The summed E-state index contributed by atoms with van der Waals surface area (Å²) in [5.41, 5.74) is 8.16. The van der Waals surface area contributed by atoms with Gasteiger partial charge in [-0.05, 0) is 32.4 Å². The van der Waals surface area contributed by atoms with Gasteiger partial charge in [-0.15, -0.1) is 10.2 Å². The number of hydrazine groups is 1. The fourth-order valence-electron chi connectivity index (χ4n) is 5.51. The van der Waals surface area contributed by atoms with E-state index in [9.17, 15) is 4.79 Å². The lowest BCUT2D eigenvalue weighted by Gasteiger charge is -2.39. The first-order chi connectivity index (χ1) is 17.9. The number of fused-ring (bicyclic) bond motifs is 5. The highest BCUT2D eigenvalue weighted by Gasteiger charge is 2.39. The number of aryl methyl sites for hydroxylation is 1. The molecule has 11 heteroatoms. The van der Waals surface area contributed by atoms with Crippen LogP contribution in [0.15, 0.2) is 47.5 Å². The Morgan fingerprint density at radius 2 is 2.11 bits per heavy atom. The van der Waals surface area contributed by atoms with Crippen LogP contribution in [0.25, 0.3) is 17.0 Å². The summed E-state index contributed by atoms with van der Waals surface area (Å²) in [5.74, 6) is 2.17. The van der Waals surface area contributed by atoms with E-state index in [4.69, 9.17) is 14.5 Å². The number of rotatable bonds is 3. The summed E-state index contributed by atoms with van der Waals surface area (Å²) >= 11 is 0. The van der Waals surface area contributed by atoms with E-state index < -0.39 is 5.60 Å². The third-order valence-corrected chi connectivity index (χ3v) is 7.25. The van der Waals surface area contributed by atoms with E-state index in [1.807, 2.05) is 53.6 Å². The molecule has 37 heavy (non-hydrogen) atoms. The molecule has 0 bridgehead atoms. The van der Waals surface area contributed by atoms with Crippen LogP contribution in [0.1, 0.15) is 32.3 Å². The molecule has 4 aliphatic rings. The Kier molecular flexibility index (Phi) is 4.60. The van der Waals surface area contributed by atoms with E-state index in [-0.39, 0.29) is 11.9 Å². The van der Waals surface area contributed by atoms with Gasteiger partial charge in [-0.25, -0.2) is 9.98 Å². The van der Waals surface area contributed by atoms with Crippen LogP contribution in [0.3, 0.4) is 0 Å². The number of hydrogen-bond donors (Lipinski definition) is 1. The van der Waals surface area contributed by atoms with Gasteiger partial charge in [0.15, 0.2) is 5.82 Å². The molecule has 0 spiro atoms. The zero-order valence-electron chi connectivity index (χ0n) is 20.8. The van der Waals surface area contributed by atoms with Gasteiger partial charge in [0.2, 0.25) is 11.8 Å². The van der Waals surface area contributed by atoms with Crippen molar-refractivity contribution in [3.05, 3.63) is 48.1 Å². The van der Waals surface area contributed by atoms with E-state index in [2.05, 4.69) is 26.7 Å². The molecule has 0 aliphatic carbocycles. The maximum Gasteiger partial charge on any atom is 0.238 e. The highest BCUT2D eigenvalue weighted by molar-refractivity contribution is 5.98. The molecular formula is C26H26N8O3. The number of nitrogens with zero attached hydrogens (tertiary/aromatic N) is 7. The van der Waals surface area contributed by atoms with Crippen molar-refractivity contribution in [3.8, 4) is 23.0 Å². The summed E-state index contributed by atoms with van der Waals surface area (Å²) < 4.78 is 14.1. The van der Waals surface area contributed by atoms with Gasteiger partial charge in [0.05, 0.1) is 30.2 Å². The van der Waals surface area contributed by atoms with E-state index in [1.54, 1.807) is 18.9 Å². The summed E-state index contributed by atoms with van der Waals surface area (Å²) in [7, 11) is 1.92. The van der Waals surface area contributed by atoms with E-state index >= 15 is 0 Å². The normalized spacial score (nSPS) is 21.1. The SMILES string of the molecule is Cn1cnnc1-c1ccc2c(c1)OC(C)(C)C1=C2CN(Nc2cnc3c(c2)N2C(=O)CC[C@H]2CO3)C=N1. The summed E-state index contributed by atoms with van der Waals surface area (Å²) in [6.07, 6.45) is 6.51. The van der Waals surface area contributed by atoms with Gasteiger partial charge < -0.3 is 18.9 Å². The predicted molar refractivity (Wildman–Crippen MR) is 137 cm³/mol. The molecule has 1 N–H and O–H groups in total. The van der Waals surface area contributed by atoms with Gasteiger partial charge in [-0.2, -0.15) is 0 Å². The second-order valence-electron chi connectivity index (χ2n) is 10.2. The second-order valence-corrected chi connectivity index (χ2v) is 10.2. The second kappa shape index (κ2) is 7.79. The average Bonchev–Trinajstić information content (AvgIpc) is 3.48. The Hall–Kier alpha value is -4.41. The zero-order valence-corrected chi connectivity index (χ0v) is 20.8. The minimum absolute atomic E-state index is 0.0775. The van der Waals surface area contributed by atoms with Gasteiger partial charge in [0, 0.05) is 30.2 Å². The Morgan fingerprint density at radius 1 is 1.22 bits per heavy atom. The third kappa shape index (κ3) is 3.45. The number of nitrogens with one attached hydrogen (secondary N) is 1. The molecule has 4 aliphatic heterocycles. The van der Waals surface area contributed by atoms with Crippen LogP contribution in [-0.2, 0) is 11.8 Å². The van der Waals surface area contributed by atoms with Crippen LogP contribution in [0, 0.1) is 0 Å². The first-order valence-electron chi connectivity index (χ1n) is 12.3. The van der Waals surface area contributed by atoms with Crippen LogP contribution in [-0.4, -0.2) is 61.8 Å². The molecule has 11 nitrogen and oxygen atoms in total. The molecular weight excluding hydrogens is 472 g/mol.